The molecule has 2 heterocycles. The topological polar surface area (TPSA) is 72.9 Å². The second kappa shape index (κ2) is 4.32. The molecule has 0 N–H and O–H groups in total. The molecule has 1 spiro atoms. The lowest BCUT2D eigenvalue weighted by Crippen LogP contribution is -2.49. The molecule has 1 aromatic rings. The van der Waals surface area contributed by atoms with Gasteiger partial charge in [-0.3, -0.25) is 0 Å². The number of hydrogen-bond acceptors (Lipinski definition) is 5. The van der Waals surface area contributed by atoms with Crippen molar-refractivity contribution in [2.24, 2.45) is 0 Å². The zero-order valence-corrected chi connectivity index (χ0v) is 11.6. The Labute approximate surface area is 116 Å². The first kappa shape index (κ1) is 13.1. The summed E-state index contributed by atoms with van der Waals surface area (Å²) in [6.07, 6.45) is 2.29. The number of rotatable bonds is 2. The van der Waals surface area contributed by atoms with E-state index in [9.17, 15) is 13.2 Å². The van der Waals surface area contributed by atoms with E-state index in [-0.39, 0.29) is 18.1 Å². The van der Waals surface area contributed by atoms with Crippen molar-refractivity contribution < 1.29 is 22.7 Å². The summed E-state index contributed by atoms with van der Waals surface area (Å²) < 4.78 is 36.2. The average molecular weight is 295 g/mol. The van der Waals surface area contributed by atoms with Crippen molar-refractivity contribution in [2.45, 2.75) is 17.5 Å². The molecule has 0 radical (unpaired) electrons. The highest BCUT2D eigenvalue weighted by molar-refractivity contribution is 7.89. The predicted molar refractivity (Wildman–Crippen MR) is 69.4 cm³/mol. The third-order valence-electron chi connectivity index (χ3n) is 3.28. The molecule has 106 valence electrons. The van der Waals surface area contributed by atoms with Crippen LogP contribution in [0.25, 0.3) is 0 Å². The Morgan fingerprint density at radius 2 is 1.95 bits per heavy atom. The van der Waals surface area contributed by atoms with Crippen LogP contribution in [-0.4, -0.2) is 37.8 Å². The molecule has 2 aliphatic heterocycles. The second-order valence-electron chi connectivity index (χ2n) is 4.70. The lowest BCUT2D eigenvalue weighted by Gasteiger charge is -2.28. The van der Waals surface area contributed by atoms with E-state index in [1.54, 1.807) is 24.3 Å². The Balaban J connectivity index is 2.07. The molecule has 3 rings (SSSR count). The lowest BCUT2D eigenvalue weighted by atomic mass is 10.2. The number of nitrogens with zero attached hydrogens (tertiary/aromatic N) is 1. The highest BCUT2D eigenvalue weighted by Gasteiger charge is 2.55. The van der Waals surface area contributed by atoms with Gasteiger partial charge >= 0.3 is 6.09 Å². The number of ether oxygens (including phenoxy) is 2. The number of hydrogen-bond donors (Lipinski definition) is 0. The van der Waals surface area contributed by atoms with Crippen LogP contribution in [0.5, 0.6) is 0 Å². The standard InChI is InChI=1S/C13H13NO5S/c1-10-3-5-11(6-4-10)20(16,17)14-12(15)18-9-13(14)7-2-8-19-13/h2-7H,8-9H2,1H3. The van der Waals surface area contributed by atoms with E-state index < -0.39 is 21.8 Å². The summed E-state index contributed by atoms with van der Waals surface area (Å²) in [5.74, 6) is 0. The summed E-state index contributed by atoms with van der Waals surface area (Å²) in [5.41, 5.74) is -0.416. The number of benzene rings is 1. The summed E-state index contributed by atoms with van der Waals surface area (Å²) in [4.78, 5) is 11.9. The minimum atomic E-state index is -4.01. The molecule has 20 heavy (non-hydrogen) atoms. The first-order valence-electron chi connectivity index (χ1n) is 6.06. The third-order valence-corrected chi connectivity index (χ3v) is 5.09. The van der Waals surface area contributed by atoms with Crippen LogP contribution in [0.2, 0.25) is 0 Å². The monoisotopic (exact) mass is 295 g/mol. The van der Waals surface area contributed by atoms with Gasteiger partial charge in [-0.05, 0) is 25.1 Å². The molecule has 6 nitrogen and oxygen atoms in total. The molecule has 1 atom stereocenters. The lowest BCUT2D eigenvalue weighted by molar-refractivity contribution is -0.0284. The van der Waals surface area contributed by atoms with E-state index >= 15 is 0 Å². The van der Waals surface area contributed by atoms with Gasteiger partial charge in [0.05, 0.1) is 11.5 Å². The van der Waals surface area contributed by atoms with E-state index in [1.807, 2.05) is 6.92 Å². The van der Waals surface area contributed by atoms with Crippen molar-refractivity contribution in [1.29, 1.82) is 0 Å². The molecule has 1 unspecified atom stereocenters. The van der Waals surface area contributed by atoms with Crippen LogP contribution >= 0.6 is 0 Å². The molecule has 7 heteroatoms. The third kappa shape index (κ3) is 1.82. The molecule has 1 saturated heterocycles. The molecule has 0 aliphatic carbocycles. The Morgan fingerprint density at radius 3 is 2.55 bits per heavy atom. The molecule has 1 amide bonds. The van der Waals surface area contributed by atoms with Gasteiger partial charge in [0, 0.05) is 0 Å². The molecule has 0 saturated carbocycles. The van der Waals surface area contributed by atoms with Gasteiger partial charge in [-0.1, -0.05) is 23.8 Å². The fraction of sp³-hybridized carbons (Fsp3) is 0.308. The summed E-state index contributed by atoms with van der Waals surface area (Å²) in [6.45, 7) is 1.97. The van der Waals surface area contributed by atoms with Crippen LogP contribution in [-0.2, 0) is 19.5 Å². The predicted octanol–water partition coefficient (Wildman–Crippen LogP) is 1.42. The minimum absolute atomic E-state index is 0.0326. The molecular weight excluding hydrogens is 282 g/mol. The van der Waals surface area contributed by atoms with Crippen LogP contribution in [0.15, 0.2) is 41.3 Å². The zero-order chi connectivity index (χ0) is 14.4. The number of carbonyl (C=O) groups is 1. The highest BCUT2D eigenvalue weighted by Crippen LogP contribution is 2.35. The van der Waals surface area contributed by atoms with Gasteiger partial charge < -0.3 is 9.47 Å². The quantitative estimate of drug-likeness (QED) is 0.771. The van der Waals surface area contributed by atoms with Gasteiger partial charge in [0.1, 0.15) is 6.61 Å². The van der Waals surface area contributed by atoms with Crippen molar-refractivity contribution in [2.75, 3.05) is 13.2 Å². The minimum Gasteiger partial charge on any atom is -0.443 e. The fourth-order valence-electron chi connectivity index (χ4n) is 2.24. The van der Waals surface area contributed by atoms with Gasteiger partial charge in [0.25, 0.3) is 10.0 Å². The van der Waals surface area contributed by atoms with Crippen LogP contribution < -0.4 is 0 Å². The smallest absolute Gasteiger partial charge is 0.426 e. The van der Waals surface area contributed by atoms with Gasteiger partial charge in [-0.25, -0.2) is 13.2 Å². The largest absolute Gasteiger partial charge is 0.443 e. The normalized spacial score (nSPS) is 25.4. The summed E-state index contributed by atoms with van der Waals surface area (Å²) >= 11 is 0. The van der Waals surface area contributed by atoms with Gasteiger partial charge in [-0.2, -0.15) is 4.31 Å². The van der Waals surface area contributed by atoms with Crippen LogP contribution in [0.4, 0.5) is 4.79 Å². The fourth-order valence-corrected chi connectivity index (χ4v) is 3.76. The van der Waals surface area contributed by atoms with Crippen molar-refractivity contribution >= 4 is 16.1 Å². The molecular formula is C13H13NO5S. The summed E-state index contributed by atoms with van der Waals surface area (Å²) in [7, 11) is -4.01. The number of sulfonamides is 1. The molecule has 2 aliphatic rings. The van der Waals surface area contributed by atoms with Gasteiger partial charge in [0.2, 0.25) is 5.72 Å². The highest BCUT2D eigenvalue weighted by atomic mass is 32.2. The van der Waals surface area contributed by atoms with Gasteiger partial charge in [0.15, 0.2) is 0 Å². The Hall–Kier alpha value is -1.86. The Kier molecular flexibility index (Phi) is 2.84. The number of carbonyl (C=O) groups excluding carboxylic acids is 1. The number of cyclic esters (lactones) is 1. The van der Waals surface area contributed by atoms with Crippen molar-refractivity contribution in [3.05, 3.63) is 42.0 Å². The van der Waals surface area contributed by atoms with E-state index in [2.05, 4.69) is 0 Å². The van der Waals surface area contributed by atoms with Crippen molar-refractivity contribution in [3.8, 4) is 0 Å². The Morgan fingerprint density at radius 1 is 1.25 bits per heavy atom. The second-order valence-corrected chi connectivity index (χ2v) is 6.48. The van der Waals surface area contributed by atoms with Crippen LogP contribution in [0.3, 0.4) is 0 Å². The van der Waals surface area contributed by atoms with E-state index in [4.69, 9.17) is 9.47 Å². The number of aryl methyl sites for hydroxylation is 1. The van der Waals surface area contributed by atoms with Crippen LogP contribution in [0.1, 0.15) is 5.56 Å². The first-order chi connectivity index (χ1) is 9.46. The van der Waals surface area contributed by atoms with Gasteiger partial charge in [-0.15, -0.1) is 0 Å². The molecule has 0 bridgehead atoms. The average Bonchev–Trinajstić information content (AvgIpc) is 2.99. The van der Waals surface area contributed by atoms with Crippen molar-refractivity contribution in [1.82, 2.24) is 4.31 Å². The van der Waals surface area contributed by atoms with Crippen LogP contribution in [0, 0.1) is 6.92 Å². The molecule has 1 aromatic carbocycles. The van der Waals surface area contributed by atoms with E-state index in [0.29, 0.717) is 4.31 Å². The maximum absolute atomic E-state index is 12.6. The molecule has 0 aromatic heterocycles. The maximum atomic E-state index is 12.6. The maximum Gasteiger partial charge on any atom is 0.426 e. The number of amides is 1. The Bertz CT molecular complexity index is 679. The summed E-state index contributed by atoms with van der Waals surface area (Å²) in [6, 6.07) is 6.27. The van der Waals surface area contributed by atoms with E-state index in [0.717, 1.165) is 5.56 Å². The van der Waals surface area contributed by atoms with E-state index in [1.165, 1.54) is 12.1 Å². The first-order valence-corrected chi connectivity index (χ1v) is 7.50. The summed E-state index contributed by atoms with van der Waals surface area (Å²) in [5, 5.41) is 0. The molecule has 1 fully saturated rings. The SMILES string of the molecule is Cc1ccc(S(=O)(=O)N2C(=O)OCC23C=CCO3)cc1. The van der Waals surface area contributed by atoms with Crippen molar-refractivity contribution in [3.63, 3.8) is 0 Å². The zero-order valence-electron chi connectivity index (χ0n) is 10.8.